The number of sulfonamides is 2. The Morgan fingerprint density at radius 2 is 1.83 bits per heavy atom. The van der Waals surface area contributed by atoms with Crippen molar-refractivity contribution in [3.05, 3.63) is 33.1 Å². The molecule has 1 aromatic heterocycles. The van der Waals surface area contributed by atoms with Gasteiger partial charge in [-0.15, -0.1) is 11.8 Å². The van der Waals surface area contributed by atoms with Gasteiger partial charge >= 0.3 is 0 Å². The lowest BCUT2D eigenvalue weighted by Gasteiger charge is -2.14. The fourth-order valence-corrected chi connectivity index (χ4v) is 4.84. The lowest BCUT2D eigenvalue weighted by Crippen LogP contribution is -2.30. The number of aromatic nitrogens is 1. The molecular formula is C10H12ClN3O6S3. The number of rotatable bonds is 6. The standard InChI is InChI=1S/C10H12ClN3O6S3/c1-21-10-7(11)6-9(14(15)16)8(12-10)4-5-13(22(2,17)18)23(3,19)20/h4-6H,1-3H3/b5-4+. The van der Waals surface area contributed by atoms with Crippen molar-refractivity contribution in [3.8, 4) is 0 Å². The first-order chi connectivity index (χ1) is 10.4. The molecule has 0 aliphatic rings. The Labute approximate surface area is 142 Å². The highest BCUT2D eigenvalue weighted by Gasteiger charge is 2.24. The molecule has 128 valence electrons. The SMILES string of the molecule is CSc1nc(/C=C/N(S(C)(=O)=O)S(C)(=O)=O)c([N+](=O)[O-])cc1Cl. The van der Waals surface area contributed by atoms with Crippen molar-refractivity contribution >= 4 is 55.2 Å². The largest absolute Gasteiger partial charge is 0.296 e. The minimum Gasteiger partial charge on any atom is -0.258 e. The number of halogens is 1. The van der Waals surface area contributed by atoms with Crippen LogP contribution < -0.4 is 0 Å². The van der Waals surface area contributed by atoms with Crippen molar-refractivity contribution in [3.63, 3.8) is 0 Å². The van der Waals surface area contributed by atoms with Crippen LogP contribution in [0.2, 0.25) is 5.02 Å². The smallest absolute Gasteiger partial charge is 0.258 e. The molecule has 0 N–H and O–H groups in total. The zero-order valence-electron chi connectivity index (χ0n) is 12.1. The van der Waals surface area contributed by atoms with Crippen LogP contribution in [0, 0.1) is 10.1 Å². The zero-order valence-corrected chi connectivity index (χ0v) is 15.3. The Morgan fingerprint density at radius 3 is 2.22 bits per heavy atom. The number of nitrogens with zero attached hydrogens (tertiary/aromatic N) is 3. The van der Waals surface area contributed by atoms with E-state index in [9.17, 15) is 26.9 Å². The minimum absolute atomic E-state index is 0.0597. The van der Waals surface area contributed by atoms with Crippen molar-refractivity contribution < 1.29 is 21.8 Å². The van der Waals surface area contributed by atoms with E-state index in [4.69, 9.17) is 11.6 Å². The maximum Gasteiger partial charge on any atom is 0.296 e. The van der Waals surface area contributed by atoms with Crippen LogP contribution in [-0.4, -0.2) is 49.2 Å². The Bertz CT molecular complexity index is 834. The highest BCUT2D eigenvalue weighted by molar-refractivity contribution is 8.03. The molecule has 0 radical (unpaired) electrons. The molecule has 13 heteroatoms. The van der Waals surface area contributed by atoms with Crippen LogP contribution in [0.3, 0.4) is 0 Å². The predicted octanol–water partition coefficient (Wildman–Crippen LogP) is 1.56. The van der Waals surface area contributed by atoms with E-state index < -0.39 is 30.7 Å². The molecule has 1 aromatic rings. The number of hydrogen-bond acceptors (Lipinski definition) is 8. The Kier molecular flexibility index (Phi) is 6.01. The van der Waals surface area contributed by atoms with Gasteiger partial charge in [0, 0.05) is 12.3 Å². The summed E-state index contributed by atoms with van der Waals surface area (Å²) in [6.07, 6.45) is 4.64. The molecule has 0 aromatic carbocycles. The molecule has 0 fully saturated rings. The van der Waals surface area contributed by atoms with Gasteiger partial charge in [0.15, 0.2) is 0 Å². The highest BCUT2D eigenvalue weighted by Crippen LogP contribution is 2.30. The molecule has 0 unspecified atom stereocenters. The van der Waals surface area contributed by atoms with Crippen molar-refractivity contribution in [1.82, 2.24) is 8.69 Å². The van der Waals surface area contributed by atoms with E-state index in [0.29, 0.717) is 18.7 Å². The first kappa shape index (κ1) is 19.7. The first-order valence-electron chi connectivity index (χ1n) is 5.64. The van der Waals surface area contributed by atoms with E-state index in [-0.39, 0.29) is 19.5 Å². The molecule has 0 bridgehead atoms. The average Bonchev–Trinajstić information content (AvgIpc) is 2.36. The molecule has 0 aliphatic carbocycles. The Balaban J connectivity index is 3.49. The van der Waals surface area contributed by atoms with Gasteiger partial charge in [0.2, 0.25) is 20.0 Å². The second-order valence-corrected chi connectivity index (χ2v) is 9.36. The quantitative estimate of drug-likeness (QED) is 0.399. The fraction of sp³-hybridized carbons (Fsp3) is 0.300. The van der Waals surface area contributed by atoms with E-state index in [0.717, 1.165) is 23.9 Å². The summed E-state index contributed by atoms with van der Waals surface area (Å²) < 4.78 is 46.1. The van der Waals surface area contributed by atoms with E-state index in [1.807, 2.05) is 0 Å². The van der Waals surface area contributed by atoms with Gasteiger partial charge < -0.3 is 0 Å². The summed E-state index contributed by atoms with van der Waals surface area (Å²) in [5.74, 6) is 0. The van der Waals surface area contributed by atoms with Crippen LogP contribution in [0.1, 0.15) is 5.69 Å². The molecule has 9 nitrogen and oxygen atoms in total. The maximum absolute atomic E-state index is 11.5. The van der Waals surface area contributed by atoms with Crippen molar-refractivity contribution in [1.29, 1.82) is 0 Å². The third kappa shape index (κ3) is 5.06. The first-order valence-corrected chi connectivity index (χ1v) is 10.9. The second kappa shape index (κ2) is 7.03. The van der Waals surface area contributed by atoms with E-state index in [1.54, 1.807) is 6.26 Å². The van der Waals surface area contributed by atoms with Crippen molar-refractivity contribution in [2.24, 2.45) is 0 Å². The average molecular weight is 402 g/mol. The van der Waals surface area contributed by atoms with E-state index in [1.165, 1.54) is 0 Å². The number of thioether (sulfide) groups is 1. The molecule has 0 aliphatic heterocycles. The topological polar surface area (TPSA) is 128 Å². The third-order valence-electron chi connectivity index (χ3n) is 2.35. The second-order valence-electron chi connectivity index (χ2n) is 4.21. The minimum atomic E-state index is -4.12. The Hall–Kier alpha value is -1.37. The van der Waals surface area contributed by atoms with Crippen LogP contribution in [-0.2, 0) is 20.0 Å². The molecule has 0 saturated heterocycles. The molecule has 0 spiro atoms. The van der Waals surface area contributed by atoms with Gasteiger partial charge in [-0.3, -0.25) is 10.1 Å². The summed E-state index contributed by atoms with van der Waals surface area (Å²) >= 11 is 6.97. The number of pyridine rings is 1. The van der Waals surface area contributed by atoms with E-state index >= 15 is 0 Å². The summed E-state index contributed by atoms with van der Waals surface area (Å²) in [5.41, 5.74) is -0.702. The molecule has 0 amide bonds. The van der Waals surface area contributed by atoms with Gasteiger partial charge in [-0.05, 0) is 12.3 Å². The fourth-order valence-electron chi connectivity index (χ4n) is 1.49. The molecular weight excluding hydrogens is 390 g/mol. The van der Waals surface area contributed by atoms with Crippen LogP contribution in [0.5, 0.6) is 0 Å². The molecule has 0 atom stereocenters. The van der Waals surface area contributed by atoms with Gasteiger partial charge in [-0.1, -0.05) is 11.6 Å². The van der Waals surface area contributed by atoms with Crippen LogP contribution >= 0.6 is 23.4 Å². The van der Waals surface area contributed by atoms with Gasteiger partial charge in [0.25, 0.3) is 5.69 Å². The van der Waals surface area contributed by atoms with Gasteiger partial charge in [-0.2, -0.15) is 3.71 Å². The summed E-state index contributed by atoms with van der Waals surface area (Å²) in [7, 11) is -8.24. The summed E-state index contributed by atoms with van der Waals surface area (Å²) in [6, 6.07) is 1.06. The monoisotopic (exact) mass is 401 g/mol. The van der Waals surface area contributed by atoms with Crippen LogP contribution in [0.15, 0.2) is 17.3 Å². The molecule has 23 heavy (non-hydrogen) atoms. The maximum atomic E-state index is 11.5. The van der Waals surface area contributed by atoms with Gasteiger partial charge in [0.1, 0.15) is 10.7 Å². The molecule has 0 saturated carbocycles. The number of nitro groups is 1. The van der Waals surface area contributed by atoms with Crippen LogP contribution in [0.25, 0.3) is 6.08 Å². The van der Waals surface area contributed by atoms with Gasteiger partial charge in [0.05, 0.1) is 22.5 Å². The zero-order chi connectivity index (χ0) is 18.0. The molecule has 1 rings (SSSR count). The number of hydrogen-bond donors (Lipinski definition) is 0. The Morgan fingerprint density at radius 1 is 1.30 bits per heavy atom. The lowest BCUT2D eigenvalue weighted by atomic mass is 10.3. The predicted molar refractivity (Wildman–Crippen MR) is 88.2 cm³/mol. The highest BCUT2D eigenvalue weighted by atomic mass is 35.5. The normalized spacial score (nSPS) is 12.5. The van der Waals surface area contributed by atoms with Crippen molar-refractivity contribution in [2.75, 3.05) is 18.8 Å². The third-order valence-corrected chi connectivity index (χ3v) is 6.62. The summed E-state index contributed by atoms with van der Waals surface area (Å²) in [5, 5.41) is 11.4. The molecule has 1 heterocycles. The van der Waals surface area contributed by atoms with Crippen molar-refractivity contribution in [2.45, 2.75) is 5.03 Å². The van der Waals surface area contributed by atoms with Crippen LogP contribution in [0.4, 0.5) is 5.69 Å². The van der Waals surface area contributed by atoms with Gasteiger partial charge in [-0.25, -0.2) is 21.8 Å². The lowest BCUT2D eigenvalue weighted by molar-refractivity contribution is -0.385. The summed E-state index contributed by atoms with van der Waals surface area (Å²) in [4.78, 5) is 14.2. The summed E-state index contributed by atoms with van der Waals surface area (Å²) in [6.45, 7) is 0. The van der Waals surface area contributed by atoms with E-state index in [2.05, 4.69) is 4.98 Å².